The fraction of sp³-hybridized carbons (Fsp3) is 0.192. The zero-order chi connectivity index (χ0) is 22.8. The van der Waals surface area contributed by atoms with Crippen LogP contribution in [0.15, 0.2) is 72.8 Å². The summed E-state index contributed by atoms with van der Waals surface area (Å²) in [6.07, 6.45) is 1.44. The second-order valence-corrected chi connectivity index (χ2v) is 8.01. The van der Waals surface area contributed by atoms with Crippen LogP contribution in [-0.2, 0) is 24.7 Å². The molecule has 0 aliphatic rings. The van der Waals surface area contributed by atoms with Crippen molar-refractivity contribution in [1.29, 1.82) is 0 Å². The van der Waals surface area contributed by atoms with Gasteiger partial charge in [0.05, 0.1) is 22.1 Å². The second-order valence-electron chi connectivity index (χ2n) is 8.01. The number of imidazole rings is 2. The topological polar surface area (TPSA) is 64.7 Å². The van der Waals surface area contributed by atoms with E-state index in [-0.39, 0.29) is 11.7 Å². The van der Waals surface area contributed by atoms with E-state index in [1.165, 1.54) is 12.1 Å². The standard InChI is InChI=1S/C26H24FN5O/c1-31-23-17-18(27)11-12-21(23)29-24(31)15-16-28-26(33)14-13-25-30-20-9-5-6-10-22(20)32(25)19-7-3-2-4-8-19/h2-12,17H,13-16H2,1H3,(H,28,33). The monoisotopic (exact) mass is 441 g/mol. The van der Waals surface area contributed by atoms with Crippen LogP contribution >= 0.6 is 0 Å². The summed E-state index contributed by atoms with van der Waals surface area (Å²) < 4.78 is 17.5. The number of nitrogens with zero attached hydrogens (tertiary/aromatic N) is 4. The van der Waals surface area contributed by atoms with Crippen molar-refractivity contribution in [1.82, 2.24) is 24.4 Å². The van der Waals surface area contributed by atoms with Gasteiger partial charge in [-0.1, -0.05) is 30.3 Å². The Morgan fingerprint density at radius 1 is 0.879 bits per heavy atom. The van der Waals surface area contributed by atoms with E-state index < -0.39 is 0 Å². The van der Waals surface area contributed by atoms with Gasteiger partial charge in [-0.15, -0.1) is 0 Å². The molecule has 5 rings (SSSR count). The lowest BCUT2D eigenvalue weighted by molar-refractivity contribution is -0.121. The van der Waals surface area contributed by atoms with Crippen molar-refractivity contribution >= 4 is 28.0 Å². The molecule has 0 saturated heterocycles. The zero-order valence-electron chi connectivity index (χ0n) is 18.3. The highest BCUT2D eigenvalue weighted by Gasteiger charge is 2.14. The van der Waals surface area contributed by atoms with Gasteiger partial charge in [-0.25, -0.2) is 14.4 Å². The largest absolute Gasteiger partial charge is 0.356 e. The maximum atomic E-state index is 13.5. The van der Waals surface area contributed by atoms with Crippen molar-refractivity contribution in [2.45, 2.75) is 19.3 Å². The number of hydrogen-bond donors (Lipinski definition) is 1. The van der Waals surface area contributed by atoms with Crippen molar-refractivity contribution in [2.75, 3.05) is 6.54 Å². The summed E-state index contributed by atoms with van der Waals surface area (Å²) in [6.45, 7) is 0.466. The van der Waals surface area contributed by atoms with Gasteiger partial charge < -0.3 is 9.88 Å². The highest BCUT2D eigenvalue weighted by molar-refractivity contribution is 5.79. The minimum Gasteiger partial charge on any atom is -0.356 e. The van der Waals surface area contributed by atoms with Crippen LogP contribution in [0.4, 0.5) is 4.39 Å². The molecule has 2 aromatic heterocycles. The van der Waals surface area contributed by atoms with Crippen LogP contribution in [-0.4, -0.2) is 31.6 Å². The number of para-hydroxylation sites is 3. The Morgan fingerprint density at radius 2 is 1.61 bits per heavy atom. The smallest absolute Gasteiger partial charge is 0.220 e. The molecule has 0 spiro atoms. The Bertz CT molecular complexity index is 1440. The third kappa shape index (κ3) is 4.22. The lowest BCUT2D eigenvalue weighted by atomic mass is 10.2. The molecule has 33 heavy (non-hydrogen) atoms. The molecule has 0 bridgehead atoms. The van der Waals surface area contributed by atoms with Crippen molar-refractivity contribution in [3.8, 4) is 5.69 Å². The van der Waals surface area contributed by atoms with Crippen LogP contribution in [0.1, 0.15) is 18.1 Å². The fourth-order valence-corrected chi connectivity index (χ4v) is 4.17. The van der Waals surface area contributed by atoms with Gasteiger partial charge >= 0.3 is 0 Å². The van der Waals surface area contributed by atoms with E-state index in [0.717, 1.165) is 39.4 Å². The van der Waals surface area contributed by atoms with E-state index in [1.54, 1.807) is 6.07 Å². The summed E-state index contributed by atoms with van der Waals surface area (Å²) in [4.78, 5) is 21.9. The molecule has 0 radical (unpaired) electrons. The molecule has 2 heterocycles. The molecule has 0 atom stereocenters. The minimum atomic E-state index is -0.285. The average Bonchev–Trinajstić information content (AvgIpc) is 3.36. The van der Waals surface area contributed by atoms with Gasteiger partial charge in [-0.2, -0.15) is 0 Å². The molecular weight excluding hydrogens is 417 g/mol. The van der Waals surface area contributed by atoms with Crippen LogP contribution in [0.3, 0.4) is 0 Å². The van der Waals surface area contributed by atoms with E-state index in [9.17, 15) is 9.18 Å². The lowest BCUT2D eigenvalue weighted by Gasteiger charge is -2.10. The molecular formula is C26H24FN5O. The number of benzene rings is 3. The van der Waals surface area contributed by atoms with E-state index in [1.807, 2.05) is 66.2 Å². The first-order valence-electron chi connectivity index (χ1n) is 11.0. The highest BCUT2D eigenvalue weighted by atomic mass is 19.1. The van der Waals surface area contributed by atoms with Gasteiger partial charge in [0.1, 0.15) is 17.5 Å². The van der Waals surface area contributed by atoms with E-state index in [4.69, 9.17) is 4.98 Å². The molecule has 7 heteroatoms. The molecule has 0 unspecified atom stereocenters. The molecule has 5 aromatic rings. The normalized spacial score (nSPS) is 11.3. The molecule has 1 N–H and O–H groups in total. The van der Waals surface area contributed by atoms with Gasteiger partial charge in [0.15, 0.2) is 0 Å². The zero-order valence-corrected chi connectivity index (χ0v) is 18.3. The summed E-state index contributed by atoms with van der Waals surface area (Å²) in [5.74, 6) is 1.34. The lowest BCUT2D eigenvalue weighted by Crippen LogP contribution is -2.26. The summed E-state index contributed by atoms with van der Waals surface area (Å²) >= 11 is 0. The van der Waals surface area contributed by atoms with Crippen LogP contribution in [0, 0.1) is 5.82 Å². The first kappa shape index (κ1) is 20.9. The number of nitrogens with one attached hydrogen (secondary N) is 1. The first-order valence-corrected chi connectivity index (χ1v) is 11.0. The maximum Gasteiger partial charge on any atom is 0.220 e. The Hall–Kier alpha value is -4.00. The quantitative estimate of drug-likeness (QED) is 0.409. The first-order chi connectivity index (χ1) is 16.1. The van der Waals surface area contributed by atoms with Crippen LogP contribution in [0.5, 0.6) is 0 Å². The number of fused-ring (bicyclic) bond motifs is 2. The molecule has 6 nitrogen and oxygen atoms in total. The van der Waals surface area contributed by atoms with Gasteiger partial charge in [0.25, 0.3) is 0 Å². The molecule has 1 amide bonds. The molecule has 0 fully saturated rings. The van der Waals surface area contributed by atoms with E-state index in [0.29, 0.717) is 25.8 Å². The van der Waals surface area contributed by atoms with Gasteiger partial charge in [0.2, 0.25) is 5.91 Å². The molecule has 0 saturated carbocycles. The Labute approximate surface area is 190 Å². The molecule has 0 aliphatic carbocycles. The van der Waals surface area contributed by atoms with E-state index >= 15 is 0 Å². The number of hydrogen-bond acceptors (Lipinski definition) is 3. The number of rotatable bonds is 7. The molecule has 3 aromatic carbocycles. The maximum absolute atomic E-state index is 13.5. The van der Waals surface area contributed by atoms with Gasteiger partial charge in [-0.3, -0.25) is 9.36 Å². The van der Waals surface area contributed by atoms with Gasteiger partial charge in [-0.05, 0) is 42.5 Å². The molecule has 0 aliphatic heterocycles. The van der Waals surface area contributed by atoms with Crippen LogP contribution in [0.2, 0.25) is 0 Å². The predicted octanol–water partition coefficient (Wildman–Crippen LogP) is 4.34. The second kappa shape index (κ2) is 8.86. The number of aryl methyl sites for hydroxylation is 2. The minimum absolute atomic E-state index is 0.0357. The summed E-state index contributed by atoms with van der Waals surface area (Å²) in [5, 5.41) is 2.97. The predicted molar refractivity (Wildman–Crippen MR) is 127 cm³/mol. The van der Waals surface area contributed by atoms with Crippen LogP contribution in [0.25, 0.3) is 27.8 Å². The average molecular weight is 442 g/mol. The van der Waals surface area contributed by atoms with Crippen molar-refractivity contribution in [3.05, 3.63) is 90.3 Å². The van der Waals surface area contributed by atoms with Crippen molar-refractivity contribution in [3.63, 3.8) is 0 Å². The Kier molecular flexibility index (Phi) is 5.60. The van der Waals surface area contributed by atoms with Crippen molar-refractivity contribution in [2.24, 2.45) is 7.05 Å². The number of aromatic nitrogens is 4. The van der Waals surface area contributed by atoms with Gasteiger partial charge in [0, 0.05) is 38.5 Å². The SMILES string of the molecule is Cn1c(CCNC(=O)CCc2nc3ccccc3n2-c2ccccc2)nc2ccc(F)cc21. The Balaban J connectivity index is 1.24. The third-order valence-corrected chi connectivity index (χ3v) is 5.83. The molecule has 166 valence electrons. The number of halogens is 1. The van der Waals surface area contributed by atoms with E-state index in [2.05, 4.69) is 14.9 Å². The number of carbonyl (C=O) groups is 1. The highest BCUT2D eigenvalue weighted by Crippen LogP contribution is 2.22. The van der Waals surface area contributed by atoms with Crippen molar-refractivity contribution < 1.29 is 9.18 Å². The summed E-state index contributed by atoms with van der Waals surface area (Å²) in [6, 6.07) is 22.6. The summed E-state index contributed by atoms with van der Waals surface area (Å²) in [7, 11) is 1.86. The number of amides is 1. The van der Waals surface area contributed by atoms with Crippen LogP contribution < -0.4 is 5.32 Å². The number of carbonyl (C=O) groups excluding carboxylic acids is 1. The third-order valence-electron chi connectivity index (χ3n) is 5.83. The summed E-state index contributed by atoms with van der Waals surface area (Å²) in [5.41, 5.74) is 4.46. The Morgan fingerprint density at radius 3 is 2.45 bits per heavy atom. The fourth-order valence-electron chi connectivity index (χ4n) is 4.17.